The maximum atomic E-state index is 14.4. The van der Waals surface area contributed by atoms with Crippen molar-refractivity contribution < 1.29 is 48.3 Å². The zero-order valence-corrected chi connectivity index (χ0v) is 33.6. The van der Waals surface area contributed by atoms with Crippen LogP contribution in [0.4, 0.5) is 11.4 Å². The summed E-state index contributed by atoms with van der Waals surface area (Å²) in [5.74, 6) is -2.66. The van der Waals surface area contributed by atoms with Crippen LogP contribution >= 0.6 is 0 Å². The molecule has 0 aromatic heterocycles. The minimum absolute atomic E-state index is 0.00433. The van der Waals surface area contributed by atoms with E-state index in [2.05, 4.69) is 27.2 Å². The highest BCUT2D eigenvalue weighted by Crippen LogP contribution is 2.62. The number of hydroxylamine groups is 4. The normalized spacial score (nSPS) is 19.4. The maximum absolute atomic E-state index is 14.4. The van der Waals surface area contributed by atoms with E-state index in [1.807, 2.05) is 0 Å². The lowest BCUT2D eigenvalue weighted by atomic mass is 9.72. The lowest BCUT2D eigenvalue weighted by Crippen LogP contribution is -2.45. The van der Waals surface area contributed by atoms with Gasteiger partial charge in [-0.15, -0.1) is 5.06 Å². The summed E-state index contributed by atoms with van der Waals surface area (Å²) in [6, 6.07) is 7.95. The Morgan fingerprint density at radius 2 is 1.38 bits per heavy atom. The molecular weight excluding hydrogens is 771 g/mol. The molecule has 4 amide bonds. The van der Waals surface area contributed by atoms with Crippen LogP contribution in [0.3, 0.4) is 0 Å². The smallest absolute Gasteiger partial charge is 0.355 e. The minimum Gasteiger partial charge on any atom is -0.456 e. The molecule has 7 aliphatic rings. The van der Waals surface area contributed by atoms with Crippen LogP contribution in [0.1, 0.15) is 124 Å². The third-order valence-corrected chi connectivity index (χ3v) is 13.3. The van der Waals surface area contributed by atoms with E-state index < -0.39 is 47.2 Å². The third-order valence-electron chi connectivity index (χ3n) is 13.3. The second kappa shape index (κ2) is 14.6. The van der Waals surface area contributed by atoms with Gasteiger partial charge >= 0.3 is 11.9 Å². The van der Waals surface area contributed by atoms with Gasteiger partial charge in [-0.3, -0.25) is 24.4 Å². The van der Waals surface area contributed by atoms with Gasteiger partial charge in [-0.25, -0.2) is 14.7 Å². The SMILES string of the molecule is CC(=O)N(O)CCCC[C@H](NC(=O)c1ccc2c(c1)C(=O)OC21c2cc3c4c(c2Oc2c1cc1c5c2CCCN5CCC1)CCCN4CCC3)C(=O)ON1C(=O)CCC1=O. The summed E-state index contributed by atoms with van der Waals surface area (Å²) in [7, 11) is 0. The molecule has 0 radical (unpaired) electrons. The maximum Gasteiger partial charge on any atom is 0.355 e. The molecule has 312 valence electrons. The van der Waals surface area contributed by atoms with Crippen molar-refractivity contribution in [3.05, 3.63) is 80.4 Å². The van der Waals surface area contributed by atoms with Crippen molar-refractivity contribution in [2.75, 3.05) is 42.5 Å². The van der Waals surface area contributed by atoms with E-state index in [0.29, 0.717) is 15.7 Å². The number of benzene rings is 3. The molecule has 1 atom stereocenters. The van der Waals surface area contributed by atoms with Gasteiger partial charge in [0.25, 0.3) is 17.7 Å². The van der Waals surface area contributed by atoms with E-state index >= 15 is 0 Å². The fourth-order valence-electron chi connectivity index (χ4n) is 10.5. The van der Waals surface area contributed by atoms with Gasteiger partial charge < -0.3 is 29.4 Å². The zero-order valence-electron chi connectivity index (χ0n) is 33.6. The molecule has 15 heteroatoms. The highest BCUT2D eigenvalue weighted by atomic mass is 16.7. The number of nitrogens with zero attached hydrogens (tertiary/aromatic N) is 4. The Kier molecular flexibility index (Phi) is 9.34. The Bertz CT molecular complexity index is 2310. The Labute approximate surface area is 346 Å². The predicted molar refractivity (Wildman–Crippen MR) is 214 cm³/mol. The molecule has 7 heterocycles. The Hall–Kier alpha value is -5.96. The van der Waals surface area contributed by atoms with E-state index in [1.54, 1.807) is 12.1 Å². The van der Waals surface area contributed by atoms with Crippen LogP contribution in [0.2, 0.25) is 0 Å². The molecule has 3 aromatic carbocycles. The van der Waals surface area contributed by atoms with Crippen LogP contribution in [0, 0.1) is 0 Å². The molecule has 7 aliphatic heterocycles. The van der Waals surface area contributed by atoms with Crippen molar-refractivity contribution in [2.45, 2.75) is 102 Å². The molecule has 1 saturated heterocycles. The van der Waals surface area contributed by atoms with Gasteiger partial charge in [-0.2, -0.15) is 0 Å². The minimum atomic E-state index is -1.33. The van der Waals surface area contributed by atoms with E-state index in [1.165, 1.54) is 35.5 Å². The van der Waals surface area contributed by atoms with E-state index in [0.717, 1.165) is 111 Å². The fraction of sp³-hybridized carbons (Fsp3) is 0.467. The van der Waals surface area contributed by atoms with Crippen molar-refractivity contribution in [3.8, 4) is 11.5 Å². The van der Waals surface area contributed by atoms with Crippen molar-refractivity contribution in [1.82, 2.24) is 15.4 Å². The molecule has 0 bridgehead atoms. The van der Waals surface area contributed by atoms with Crippen LogP contribution in [-0.4, -0.2) is 89.7 Å². The average Bonchev–Trinajstić information content (AvgIpc) is 3.73. The summed E-state index contributed by atoms with van der Waals surface area (Å²) < 4.78 is 13.9. The van der Waals surface area contributed by atoms with Gasteiger partial charge in [0, 0.05) is 97.2 Å². The highest BCUT2D eigenvalue weighted by molar-refractivity contribution is 6.04. The summed E-state index contributed by atoms with van der Waals surface area (Å²) in [6.07, 6.45) is 7.87. The van der Waals surface area contributed by atoms with Crippen LogP contribution in [-0.2, 0) is 60.0 Å². The Morgan fingerprint density at radius 1 is 0.800 bits per heavy atom. The lowest BCUT2D eigenvalue weighted by molar-refractivity contribution is -0.199. The number of anilines is 2. The van der Waals surface area contributed by atoms with E-state index in [4.69, 9.17) is 14.3 Å². The number of imide groups is 1. The zero-order chi connectivity index (χ0) is 41.4. The number of fused-ring (bicyclic) bond motifs is 8. The number of carbonyl (C=O) groups is 6. The summed E-state index contributed by atoms with van der Waals surface area (Å²) in [5.41, 5.74) is 8.42. The molecule has 60 heavy (non-hydrogen) atoms. The topological polar surface area (TPSA) is 175 Å². The fourth-order valence-corrected chi connectivity index (χ4v) is 10.5. The van der Waals surface area contributed by atoms with Gasteiger partial charge in [0.05, 0.1) is 5.56 Å². The Morgan fingerprint density at radius 3 is 1.97 bits per heavy atom. The van der Waals surface area contributed by atoms with Crippen LogP contribution in [0.25, 0.3) is 0 Å². The molecule has 10 rings (SSSR count). The van der Waals surface area contributed by atoms with Crippen molar-refractivity contribution in [2.24, 2.45) is 0 Å². The molecule has 0 aliphatic carbocycles. The van der Waals surface area contributed by atoms with Crippen molar-refractivity contribution in [3.63, 3.8) is 0 Å². The summed E-state index contributed by atoms with van der Waals surface area (Å²) in [4.78, 5) is 88.1. The summed E-state index contributed by atoms with van der Waals surface area (Å²) in [5, 5.41) is 13.5. The van der Waals surface area contributed by atoms with E-state index in [9.17, 15) is 34.0 Å². The van der Waals surface area contributed by atoms with Gasteiger partial charge in [0.2, 0.25) is 5.91 Å². The number of aryl methyl sites for hydroxylation is 2. The molecule has 3 aromatic rings. The molecule has 1 fully saturated rings. The second-order valence-electron chi connectivity index (χ2n) is 17.0. The molecule has 2 N–H and O–H groups in total. The van der Waals surface area contributed by atoms with E-state index in [-0.39, 0.29) is 49.8 Å². The average molecular weight is 818 g/mol. The first kappa shape index (κ1) is 38.3. The quantitative estimate of drug-likeness (QED) is 0.0998. The number of nitrogens with one attached hydrogen (secondary N) is 1. The monoisotopic (exact) mass is 817 g/mol. The second-order valence-corrected chi connectivity index (χ2v) is 17.0. The number of hydrogen-bond donors (Lipinski definition) is 2. The van der Waals surface area contributed by atoms with Gasteiger partial charge in [-0.1, -0.05) is 6.07 Å². The van der Waals surface area contributed by atoms with Crippen molar-refractivity contribution in [1.29, 1.82) is 0 Å². The molecule has 15 nitrogen and oxygen atoms in total. The molecule has 0 unspecified atom stereocenters. The number of esters is 1. The Balaban J connectivity index is 1.04. The lowest BCUT2D eigenvalue weighted by Gasteiger charge is -2.45. The molecule has 1 spiro atoms. The number of unbranched alkanes of at least 4 members (excludes halogenated alkanes) is 1. The van der Waals surface area contributed by atoms with Crippen LogP contribution in [0.5, 0.6) is 11.5 Å². The third kappa shape index (κ3) is 6.02. The number of hydrogen-bond acceptors (Lipinski definition) is 12. The summed E-state index contributed by atoms with van der Waals surface area (Å²) >= 11 is 0. The number of amides is 4. The van der Waals surface area contributed by atoms with Crippen LogP contribution < -0.4 is 19.9 Å². The van der Waals surface area contributed by atoms with Gasteiger partial charge in [0.1, 0.15) is 17.5 Å². The first-order valence-corrected chi connectivity index (χ1v) is 21.3. The highest BCUT2D eigenvalue weighted by Gasteiger charge is 2.56. The van der Waals surface area contributed by atoms with Crippen LogP contribution in [0.15, 0.2) is 30.3 Å². The standard InChI is InChI=1S/C45H47N5O10/c1-25(51)49(57)21-3-2-12-35(44(56)60-50-36(52)15-16-37(50)53)46-42(54)28-13-14-32-31(22-28)43(55)59-45(32)33-23-26-8-4-17-47-19-6-10-29(38(26)47)40(33)58-41-30-11-7-20-48-18-5-9-27(39(30)48)24-34(41)45/h13-14,22-24,35,57H,2-12,15-21H2,1H3,(H,46,54)/t35-/m0/s1. The van der Waals surface area contributed by atoms with Crippen molar-refractivity contribution >= 4 is 46.9 Å². The molecular formula is C45H47N5O10. The largest absolute Gasteiger partial charge is 0.456 e. The first-order chi connectivity index (χ1) is 29.0. The predicted octanol–water partition coefficient (Wildman–Crippen LogP) is 4.77. The molecule has 0 saturated carbocycles. The first-order valence-electron chi connectivity index (χ1n) is 21.3. The summed E-state index contributed by atoms with van der Waals surface area (Å²) in [6.45, 7) is 5.17. The number of rotatable bonds is 9. The number of ether oxygens (including phenoxy) is 2. The number of carbonyl (C=O) groups excluding carboxylic acids is 6. The van der Waals surface area contributed by atoms with Gasteiger partial charge in [0.15, 0.2) is 5.60 Å². The van der Waals surface area contributed by atoms with Gasteiger partial charge in [-0.05, 0) is 106 Å².